The van der Waals surface area contributed by atoms with Crippen LogP contribution in [0, 0.1) is 0 Å². The molecule has 0 saturated heterocycles. The summed E-state index contributed by atoms with van der Waals surface area (Å²) in [5.41, 5.74) is 3.08. The van der Waals surface area contributed by atoms with Gasteiger partial charge in [-0.05, 0) is 36.1 Å². The van der Waals surface area contributed by atoms with Gasteiger partial charge in [0.15, 0.2) is 0 Å². The Balaban J connectivity index is 2.24. The molecular weight excluding hydrogens is 360 g/mol. The first kappa shape index (κ1) is 12.1. The second-order valence-corrected chi connectivity index (χ2v) is 6.15. The van der Waals surface area contributed by atoms with Crippen molar-refractivity contribution in [3.05, 3.63) is 55.6 Å². The first-order chi connectivity index (χ1) is 8.58. The van der Waals surface area contributed by atoms with Crippen molar-refractivity contribution in [2.75, 3.05) is 0 Å². The van der Waals surface area contributed by atoms with Gasteiger partial charge in [-0.1, -0.05) is 44.0 Å². The van der Waals surface area contributed by atoms with Crippen molar-refractivity contribution >= 4 is 43.4 Å². The maximum absolute atomic E-state index is 12.1. The Kier molecular flexibility index (Phi) is 2.87. The molecule has 3 rings (SSSR count). The largest absolute Gasteiger partial charge is 0.285 e. The topological polar surface area (TPSA) is 34.1 Å². The fourth-order valence-corrected chi connectivity index (χ4v) is 3.19. The van der Waals surface area contributed by atoms with Crippen molar-refractivity contribution in [3.63, 3.8) is 0 Å². The Morgan fingerprint density at radius 3 is 1.56 bits per heavy atom. The van der Waals surface area contributed by atoms with Crippen LogP contribution in [-0.2, 0) is 9.59 Å². The van der Waals surface area contributed by atoms with Crippen LogP contribution in [0.5, 0.6) is 0 Å². The van der Waals surface area contributed by atoms with Crippen LogP contribution in [0.3, 0.4) is 0 Å². The summed E-state index contributed by atoms with van der Waals surface area (Å²) in [6, 6.07) is 0. The van der Waals surface area contributed by atoms with Gasteiger partial charge in [0, 0.05) is 20.1 Å². The third-order valence-electron chi connectivity index (χ3n) is 3.28. The molecule has 2 nitrogen and oxygen atoms in total. The molecule has 18 heavy (non-hydrogen) atoms. The van der Waals surface area contributed by atoms with E-state index >= 15 is 0 Å². The van der Waals surface area contributed by atoms with Crippen molar-refractivity contribution in [1.29, 1.82) is 0 Å². The molecule has 0 aromatic heterocycles. The second kappa shape index (κ2) is 4.28. The quantitative estimate of drug-likeness (QED) is 0.612. The minimum absolute atomic E-state index is 0.396. The predicted molar refractivity (Wildman–Crippen MR) is 76.5 cm³/mol. The van der Waals surface area contributed by atoms with E-state index in [0.717, 1.165) is 20.1 Å². The smallest absolute Gasteiger partial charge is 0.233 e. The van der Waals surface area contributed by atoms with Crippen LogP contribution in [0.2, 0.25) is 0 Å². The standard InChI is InChI=1S/C14H8Br2O2/c15-7-1-3-9-10-4-2-8(16)6-12(10)14(18)13(17)11(9)5-7/h1-2,5-6H,3-4H2. The SMILES string of the molecule is O=C1C(=O)C2=CC(Br)=CCC2=C2CC=C(Br)C=C12. The van der Waals surface area contributed by atoms with E-state index in [1.807, 2.05) is 12.2 Å². The predicted octanol–water partition coefficient (Wildman–Crippen LogP) is 3.65. The lowest BCUT2D eigenvalue weighted by Gasteiger charge is -2.26. The summed E-state index contributed by atoms with van der Waals surface area (Å²) >= 11 is 6.72. The average Bonchev–Trinajstić information content (AvgIpc) is 2.36. The molecule has 0 N–H and O–H groups in total. The van der Waals surface area contributed by atoms with Crippen LogP contribution in [0.25, 0.3) is 0 Å². The first-order valence-corrected chi connectivity index (χ1v) is 7.13. The van der Waals surface area contributed by atoms with E-state index in [4.69, 9.17) is 0 Å². The molecule has 0 saturated carbocycles. The molecule has 0 aliphatic heterocycles. The second-order valence-electron chi connectivity index (χ2n) is 4.32. The van der Waals surface area contributed by atoms with Gasteiger partial charge in [-0.25, -0.2) is 0 Å². The molecule has 0 unspecified atom stereocenters. The highest BCUT2D eigenvalue weighted by Crippen LogP contribution is 2.40. The van der Waals surface area contributed by atoms with E-state index in [0.29, 0.717) is 24.0 Å². The summed E-state index contributed by atoms with van der Waals surface area (Å²) in [5, 5.41) is 0. The van der Waals surface area contributed by atoms with E-state index in [1.165, 1.54) is 0 Å². The van der Waals surface area contributed by atoms with Gasteiger partial charge in [0.05, 0.1) is 0 Å². The molecule has 4 heteroatoms. The molecule has 0 spiro atoms. The highest BCUT2D eigenvalue weighted by atomic mass is 79.9. The molecule has 0 amide bonds. The van der Waals surface area contributed by atoms with Gasteiger partial charge < -0.3 is 0 Å². The van der Waals surface area contributed by atoms with Crippen molar-refractivity contribution in [1.82, 2.24) is 0 Å². The molecule has 90 valence electrons. The van der Waals surface area contributed by atoms with E-state index in [-0.39, 0.29) is 0 Å². The zero-order chi connectivity index (χ0) is 12.9. The molecule has 0 radical (unpaired) electrons. The van der Waals surface area contributed by atoms with Gasteiger partial charge in [-0.15, -0.1) is 0 Å². The number of carbonyl (C=O) groups is 2. The van der Waals surface area contributed by atoms with Crippen molar-refractivity contribution < 1.29 is 9.59 Å². The fourth-order valence-electron chi connectivity index (χ4n) is 2.41. The van der Waals surface area contributed by atoms with Gasteiger partial charge >= 0.3 is 0 Å². The Morgan fingerprint density at radius 1 is 0.778 bits per heavy atom. The molecule has 0 aromatic carbocycles. The van der Waals surface area contributed by atoms with Gasteiger partial charge in [0.2, 0.25) is 11.6 Å². The molecule has 0 bridgehead atoms. The van der Waals surface area contributed by atoms with E-state index in [9.17, 15) is 9.59 Å². The summed E-state index contributed by atoms with van der Waals surface area (Å²) in [4.78, 5) is 24.2. The van der Waals surface area contributed by atoms with E-state index in [1.54, 1.807) is 12.2 Å². The first-order valence-electron chi connectivity index (χ1n) is 5.54. The zero-order valence-corrected chi connectivity index (χ0v) is 12.5. The third-order valence-corrected chi connectivity index (χ3v) is 4.38. The summed E-state index contributed by atoms with van der Waals surface area (Å²) in [7, 11) is 0. The Hall–Kier alpha value is -1.00. The normalized spacial score (nSPS) is 22.8. The average molecular weight is 368 g/mol. The molecule has 3 aliphatic rings. The number of allylic oxidation sites excluding steroid dienone is 10. The van der Waals surface area contributed by atoms with E-state index in [2.05, 4.69) is 31.9 Å². The molecular formula is C14H8Br2O2. The number of carbonyl (C=O) groups excluding carboxylic acids is 2. The number of ketones is 2. The van der Waals surface area contributed by atoms with Gasteiger partial charge in [-0.3, -0.25) is 9.59 Å². The number of rotatable bonds is 0. The van der Waals surface area contributed by atoms with Crippen molar-refractivity contribution in [2.45, 2.75) is 12.8 Å². The Morgan fingerprint density at radius 2 is 1.17 bits per heavy atom. The molecule has 0 atom stereocenters. The fraction of sp³-hybridized carbons (Fsp3) is 0.143. The highest BCUT2D eigenvalue weighted by molar-refractivity contribution is 9.12. The lowest BCUT2D eigenvalue weighted by atomic mass is 9.76. The lowest BCUT2D eigenvalue weighted by Crippen LogP contribution is -2.28. The highest BCUT2D eigenvalue weighted by Gasteiger charge is 2.36. The number of hydrogen-bond acceptors (Lipinski definition) is 2. The van der Waals surface area contributed by atoms with Crippen LogP contribution >= 0.6 is 31.9 Å². The van der Waals surface area contributed by atoms with Gasteiger partial charge in [0.25, 0.3) is 0 Å². The van der Waals surface area contributed by atoms with Gasteiger partial charge in [-0.2, -0.15) is 0 Å². The zero-order valence-electron chi connectivity index (χ0n) is 9.30. The molecule has 3 aliphatic carbocycles. The summed E-state index contributed by atoms with van der Waals surface area (Å²) < 4.78 is 1.73. The maximum atomic E-state index is 12.1. The molecule has 0 fully saturated rings. The number of hydrogen-bond donors (Lipinski definition) is 0. The summed E-state index contributed by atoms with van der Waals surface area (Å²) in [5.74, 6) is -0.792. The minimum Gasteiger partial charge on any atom is -0.285 e. The Bertz CT molecular complexity index is 587. The number of halogens is 2. The third kappa shape index (κ3) is 1.75. The van der Waals surface area contributed by atoms with Gasteiger partial charge in [0.1, 0.15) is 0 Å². The van der Waals surface area contributed by atoms with Crippen molar-refractivity contribution in [2.24, 2.45) is 0 Å². The Labute approximate surface area is 121 Å². The number of Topliss-reactive ketones (excluding diaryl/α,β-unsaturated/α-hetero) is 2. The van der Waals surface area contributed by atoms with Crippen LogP contribution in [0.1, 0.15) is 12.8 Å². The lowest BCUT2D eigenvalue weighted by molar-refractivity contribution is -0.132. The monoisotopic (exact) mass is 366 g/mol. The van der Waals surface area contributed by atoms with Crippen LogP contribution < -0.4 is 0 Å². The minimum atomic E-state index is -0.396. The van der Waals surface area contributed by atoms with Crippen LogP contribution in [-0.4, -0.2) is 11.6 Å². The van der Waals surface area contributed by atoms with E-state index < -0.39 is 11.6 Å². The molecule has 0 aromatic rings. The van der Waals surface area contributed by atoms with Crippen LogP contribution in [0.4, 0.5) is 0 Å². The summed E-state index contributed by atoms with van der Waals surface area (Å²) in [6.07, 6.45) is 8.92. The van der Waals surface area contributed by atoms with Crippen LogP contribution in [0.15, 0.2) is 55.6 Å². The summed E-state index contributed by atoms with van der Waals surface area (Å²) in [6.45, 7) is 0. The maximum Gasteiger partial charge on any atom is 0.233 e. The molecule has 0 heterocycles. The number of fused-ring (bicyclic) bond motifs is 2. The van der Waals surface area contributed by atoms with Crippen molar-refractivity contribution in [3.8, 4) is 0 Å².